The quantitative estimate of drug-likeness (QED) is 0.309. The number of rotatable bonds is 10. The van der Waals surface area contributed by atoms with Gasteiger partial charge in [-0.15, -0.1) is 0 Å². The molecule has 2 aromatic heterocycles. The van der Waals surface area contributed by atoms with Gasteiger partial charge in [0.2, 0.25) is 5.91 Å². The highest BCUT2D eigenvalue weighted by molar-refractivity contribution is 5.93. The van der Waals surface area contributed by atoms with E-state index in [1.165, 1.54) is 37.1 Å². The molecule has 1 N–H and O–H groups in total. The van der Waals surface area contributed by atoms with Gasteiger partial charge in [-0.05, 0) is 67.4 Å². The molecule has 4 aromatic rings. The molecule has 0 fully saturated rings. The molecule has 11 heteroatoms. The number of carbonyl (C=O) groups excluding carboxylic acids is 2. The van der Waals surface area contributed by atoms with Crippen LogP contribution >= 0.6 is 0 Å². The van der Waals surface area contributed by atoms with Crippen LogP contribution in [0.1, 0.15) is 22.8 Å². The fraction of sp³-hybridized carbons (Fsp3) is 0.250. The molecule has 0 unspecified atom stereocenters. The second-order valence-electron chi connectivity index (χ2n) is 8.48. The van der Waals surface area contributed by atoms with E-state index in [9.17, 15) is 19.2 Å². The fourth-order valence-electron chi connectivity index (χ4n) is 4.12. The molecular weight excluding hydrogens is 504 g/mol. The van der Waals surface area contributed by atoms with Crippen molar-refractivity contribution in [2.24, 2.45) is 0 Å². The molecule has 2 aromatic carbocycles. The van der Waals surface area contributed by atoms with Crippen LogP contribution in [-0.4, -0.2) is 46.8 Å². The van der Waals surface area contributed by atoms with Crippen LogP contribution < -0.4 is 26.0 Å². The highest BCUT2D eigenvalue weighted by Crippen LogP contribution is 2.27. The Balaban J connectivity index is 1.59. The van der Waals surface area contributed by atoms with Crippen LogP contribution in [0.4, 0.5) is 5.69 Å². The third kappa shape index (κ3) is 5.98. The lowest BCUT2D eigenvalue weighted by Gasteiger charge is -2.14. The molecule has 39 heavy (non-hydrogen) atoms. The van der Waals surface area contributed by atoms with E-state index in [0.29, 0.717) is 29.2 Å². The average Bonchev–Trinajstić information content (AvgIpc) is 2.95. The van der Waals surface area contributed by atoms with Crippen molar-refractivity contribution in [3.63, 3.8) is 0 Å². The number of anilines is 1. The summed E-state index contributed by atoms with van der Waals surface area (Å²) in [7, 11) is 3.07. The van der Waals surface area contributed by atoms with Crippen molar-refractivity contribution in [3.05, 3.63) is 92.8 Å². The number of esters is 1. The van der Waals surface area contributed by atoms with Crippen LogP contribution in [0.15, 0.2) is 70.4 Å². The first kappa shape index (κ1) is 27.1. The molecule has 2 heterocycles. The summed E-state index contributed by atoms with van der Waals surface area (Å²) in [6.45, 7) is 1.69. The first-order valence-corrected chi connectivity index (χ1v) is 12.2. The summed E-state index contributed by atoms with van der Waals surface area (Å²) in [6, 6.07) is 14.7. The smallest absolute Gasteiger partial charge is 0.338 e. The number of aryl methyl sites for hydroxylation is 1. The minimum absolute atomic E-state index is 0.0661. The summed E-state index contributed by atoms with van der Waals surface area (Å²) in [5, 5.41) is 2.71. The van der Waals surface area contributed by atoms with Gasteiger partial charge in [0.05, 0.1) is 31.9 Å². The zero-order valence-corrected chi connectivity index (χ0v) is 21.8. The first-order valence-electron chi connectivity index (χ1n) is 12.2. The van der Waals surface area contributed by atoms with Crippen molar-refractivity contribution in [1.82, 2.24) is 14.1 Å². The van der Waals surface area contributed by atoms with Crippen LogP contribution in [0.2, 0.25) is 0 Å². The van der Waals surface area contributed by atoms with Crippen LogP contribution in [-0.2, 0) is 29.0 Å². The van der Waals surface area contributed by atoms with Crippen molar-refractivity contribution < 1.29 is 23.8 Å². The van der Waals surface area contributed by atoms with Gasteiger partial charge in [0.15, 0.2) is 17.0 Å². The number of nitrogens with zero attached hydrogens (tertiary/aromatic N) is 3. The molecule has 0 saturated carbocycles. The van der Waals surface area contributed by atoms with E-state index in [1.54, 1.807) is 43.3 Å². The highest BCUT2D eigenvalue weighted by Gasteiger charge is 2.17. The van der Waals surface area contributed by atoms with Crippen molar-refractivity contribution in [2.45, 2.75) is 26.4 Å². The Labute approximate surface area is 223 Å². The third-order valence-corrected chi connectivity index (χ3v) is 6.04. The Morgan fingerprint density at radius 1 is 0.949 bits per heavy atom. The third-order valence-electron chi connectivity index (χ3n) is 6.04. The number of ether oxygens (including phenoxy) is 3. The van der Waals surface area contributed by atoms with Gasteiger partial charge in [-0.2, -0.15) is 0 Å². The molecule has 0 atom stereocenters. The van der Waals surface area contributed by atoms with Gasteiger partial charge < -0.3 is 19.5 Å². The van der Waals surface area contributed by atoms with E-state index in [2.05, 4.69) is 10.3 Å². The van der Waals surface area contributed by atoms with E-state index in [0.717, 1.165) is 10.1 Å². The average molecular weight is 533 g/mol. The SMILES string of the molecule is CCOC(=O)c1ccc(NC(=O)Cn2c(=O)n(CCc3ccc(OC)c(OC)c3)c(=O)c3ncccc32)cc1. The van der Waals surface area contributed by atoms with Crippen molar-refractivity contribution in [2.75, 3.05) is 26.1 Å². The lowest BCUT2D eigenvalue weighted by atomic mass is 10.1. The first-order chi connectivity index (χ1) is 18.9. The zero-order valence-electron chi connectivity index (χ0n) is 21.8. The van der Waals surface area contributed by atoms with Gasteiger partial charge >= 0.3 is 11.7 Å². The van der Waals surface area contributed by atoms with Gasteiger partial charge in [0.25, 0.3) is 5.56 Å². The van der Waals surface area contributed by atoms with Gasteiger partial charge in [-0.1, -0.05) is 6.07 Å². The van der Waals surface area contributed by atoms with Crippen molar-refractivity contribution in [1.29, 1.82) is 0 Å². The Morgan fingerprint density at radius 2 is 1.69 bits per heavy atom. The number of aromatic nitrogens is 3. The largest absolute Gasteiger partial charge is 0.493 e. The maximum atomic E-state index is 13.4. The molecule has 0 aliphatic rings. The minimum Gasteiger partial charge on any atom is -0.493 e. The van der Waals surface area contributed by atoms with Crippen LogP contribution in [0.3, 0.4) is 0 Å². The predicted molar refractivity (Wildman–Crippen MR) is 145 cm³/mol. The summed E-state index contributed by atoms with van der Waals surface area (Å²) >= 11 is 0. The number of pyridine rings is 1. The number of benzene rings is 2. The number of methoxy groups -OCH3 is 2. The molecule has 0 spiro atoms. The standard InChI is InChI=1S/C28H28N4O7/c1-4-39-27(35)19-8-10-20(11-9-19)30-24(33)17-32-21-6-5-14-29-25(21)26(34)31(28(32)36)15-13-18-7-12-22(37-2)23(16-18)38-3/h5-12,14,16H,4,13,15,17H2,1-3H3,(H,30,33). The fourth-order valence-corrected chi connectivity index (χ4v) is 4.12. The number of carbonyl (C=O) groups is 2. The van der Waals surface area contributed by atoms with Crippen LogP contribution in [0.5, 0.6) is 11.5 Å². The van der Waals surface area contributed by atoms with E-state index in [4.69, 9.17) is 14.2 Å². The zero-order chi connectivity index (χ0) is 27.9. The predicted octanol–water partition coefficient (Wildman–Crippen LogP) is 2.63. The Bertz CT molecular complexity index is 1620. The van der Waals surface area contributed by atoms with E-state index < -0.39 is 23.1 Å². The lowest BCUT2D eigenvalue weighted by Crippen LogP contribution is -2.42. The van der Waals surface area contributed by atoms with Gasteiger partial charge in [0.1, 0.15) is 6.54 Å². The molecule has 0 aliphatic carbocycles. The maximum absolute atomic E-state index is 13.4. The lowest BCUT2D eigenvalue weighted by molar-refractivity contribution is -0.116. The Kier molecular flexibility index (Phi) is 8.40. The molecule has 11 nitrogen and oxygen atoms in total. The molecule has 0 bridgehead atoms. The maximum Gasteiger partial charge on any atom is 0.338 e. The Hall–Kier alpha value is -4.93. The van der Waals surface area contributed by atoms with Crippen molar-refractivity contribution >= 4 is 28.6 Å². The van der Waals surface area contributed by atoms with Gasteiger partial charge in [-0.3, -0.25) is 18.7 Å². The number of hydrogen-bond donors (Lipinski definition) is 1. The summed E-state index contributed by atoms with van der Waals surface area (Å²) in [5.74, 6) is 0.150. The summed E-state index contributed by atoms with van der Waals surface area (Å²) in [4.78, 5) is 55.5. The second kappa shape index (κ2) is 12.1. The highest BCUT2D eigenvalue weighted by atomic mass is 16.5. The molecule has 202 valence electrons. The second-order valence-corrected chi connectivity index (χ2v) is 8.48. The van der Waals surface area contributed by atoms with E-state index in [1.807, 2.05) is 6.07 Å². The van der Waals surface area contributed by atoms with Gasteiger partial charge in [0, 0.05) is 18.4 Å². The van der Waals surface area contributed by atoms with E-state index >= 15 is 0 Å². The molecule has 0 aliphatic heterocycles. The molecule has 1 amide bonds. The summed E-state index contributed by atoms with van der Waals surface area (Å²) in [5.41, 5.74) is 0.778. The molecule has 0 saturated heterocycles. The number of amides is 1. The Morgan fingerprint density at radius 3 is 2.38 bits per heavy atom. The minimum atomic E-state index is -0.631. The topological polar surface area (TPSA) is 131 Å². The normalized spacial score (nSPS) is 10.7. The molecular formula is C28H28N4O7. The van der Waals surface area contributed by atoms with Crippen molar-refractivity contribution in [3.8, 4) is 11.5 Å². The van der Waals surface area contributed by atoms with E-state index in [-0.39, 0.29) is 30.7 Å². The molecule has 4 rings (SSSR count). The molecule has 0 radical (unpaired) electrons. The number of fused-ring (bicyclic) bond motifs is 1. The summed E-state index contributed by atoms with van der Waals surface area (Å²) < 4.78 is 17.9. The monoisotopic (exact) mass is 532 g/mol. The van der Waals surface area contributed by atoms with Crippen LogP contribution in [0.25, 0.3) is 11.0 Å². The van der Waals surface area contributed by atoms with Crippen LogP contribution in [0, 0.1) is 0 Å². The van der Waals surface area contributed by atoms with Gasteiger partial charge in [-0.25, -0.2) is 14.6 Å². The summed E-state index contributed by atoms with van der Waals surface area (Å²) in [6.07, 6.45) is 1.81. The number of hydrogen-bond acceptors (Lipinski definition) is 8. The number of nitrogens with one attached hydrogen (secondary N) is 1.